The van der Waals surface area contributed by atoms with E-state index in [1.54, 1.807) is 0 Å². The average molecular weight is 516 g/mol. The summed E-state index contributed by atoms with van der Waals surface area (Å²) in [5, 5.41) is 15.1. The number of hydrogen-bond donors (Lipinski definition) is 3. The Morgan fingerprint density at radius 2 is 1.82 bits per heavy atom. The molecule has 0 atom stereocenters. The zero-order valence-corrected chi connectivity index (χ0v) is 22.6. The van der Waals surface area contributed by atoms with Crippen LogP contribution in [0.5, 0.6) is 0 Å². The third-order valence-electron chi connectivity index (χ3n) is 7.05. The lowest BCUT2D eigenvalue weighted by Crippen LogP contribution is -2.30. The van der Waals surface area contributed by atoms with Gasteiger partial charge < -0.3 is 20.7 Å². The molecule has 4 rings (SSSR count). The zero-order valence-electron chi connectivity index (χ0n) is 22.6. The molecule has 0 spiro atoms. The maximum absolute atomic E-state index is 12.7. The molecule has 0 unspecified atom stereocenters. The fourth-order valence-corrected chi connectivity index (χ4v) is 4.69. The van der Waals surface area contributed by atoms with E-state index in [9.17, 15) is 9.59 Å². The fraction of sp³-hybridized carbons (Fsp3) is 0.500. The van der Waals surface area contributed by atoms with E-state index in [1.165, 1.54) is 0 Å². The van der Waals surface area contributed by atoms with Gasteiger partial charge in [-0.05, 0) is 38.7 Å². The summed E-state index contributed by atoms with van der Waals surface area (Å²) >= 11 is 0. The van der Waals surface area contributed by atoms with Gasteiger partial charge in [0.25, 0.3) is 0 Å². The molecule has 0 bridgehead atoms. The van der Waals surface area contributed by atoms with Crippen LogP contribution in [0.25, 0.3) is 11.0 Å². The van der Waals surface area contributed by atoms with E-state index >= 15 is 0 Å². The van der Waals surface area contributed by atoms with Gasteiger partial charge in [0.15, 0.2) is 5.65 Å². The molecule has 2 amide bonds. The van der Waals surface area contributed by atoms with E-state index in [0.29, 0.717) is 18.6 Å². The lowest BCUT2D eigenvalue weighted by atomic mass is 9.89. The van der Waals surface area contributed by atoms with Gasteiger partial charge in [0.1, 0.15) is 7.85 Å². The Balaban J connectivity index is 1.40. The van der Waals surface area contributed by atoms with Crippen molar-refractivity contribution < 1.29 is 14.3 Å². The molecule has 1 fully saturated rings. The van der Waals surface area contributed by atoms with Crippen molar-refractivity contribution in [1.82, 2.24) is 25.4 Å². The normalized spacial score (nSPS) is 14.0. The maximum Gasteiger partial charge on any atom is 0.220 e. The van der Waals surface area contributed by atoms with Crippen molar-refractivity contribution in [2.24, 2.45) is 0 Å². The number of anilines is 1. The first kappa shape index (κ1) is 27.6. The van der Waals surface area contributed by atoms with Crippen LogP contribution in [-0.2, 0) is 40.4 Å². The Morgan fingerprint density at radius 3 is 2.47 bits per heavy atom. The topological polar surface area (TPSA) is 110 Å². The predicted molar refractivity (Wildman–Crippen MR) is 150 cm³/mol. The Labute approximate surface area is 225 Å². The first-order valence-corrected chi connectivity index (χ1v) is 13.5. The number of aromatic nitrogens is 3. The highest BCUT2D eigenvalue weighted by Crippen LogP contribution is 2.31. The molecule has 1 aromatic carbocycles. The highest BCUT2D eigenvalue weighted by atomic mass is 16.5. The number of rotatable bonds is 11. The van der Waals surface area contributed by atoms with Crippen molar-refractivity contribution in [2.45, 2.75) is 78.6 Å². The van der Waals surface area contributed by atoms with E-state index in [-0.39, 0.29) is 30.7 Å². The second-order valence-corrected chi connectivity index (χ2v) is 9.74. The van der Waals surface area contributed by atoms with Crippen molar-refractivity contribution in [3.05, 3.63) is 46.8 Å². The number of carbonyl (C=O) groups excluding carboxylic acids is 2. The van der Waals surface area contributed by atoms with Gasteiger partial charge >= 0.3 is 0 Å². The summed E-state index contributed by atoms with van der Waals surface area (Å²) in [6.07, 6.45) is 4.64. The SMILES string of the molecule is [B]c1cc(CNC(=O)CCC(=O)NCc2c(CC)nc3c(cnn3CC)c2NC2CCOCC2)ccc1C. The molecule has 1 aliphatic rings. The molecule has 3 aromatic rings. The van der Waals surface area contributed by atoms with E-state index in [2.05, 4.69) is 28.0 Å². The van der Waals surface area contributed by atoms with Crippen molar-refractivity contribution in [3.8, 4) is 0 Å². The molecule has 38 heavy (non-hydrogen) atoms. The largest absolute Gasteiger partial charge is 0.381 e. The van der Waals surface area contributed by atoms with Crippen LogP contribution in [0.1, 0.15) is 61.9 Å². The van der Waals surface area contributed by atoms with Crippen LogP contribution in [-0.4, -0.2) is 53.7 Å². The number of nitrogens with one attached hydrogen (secondary N) is 3. The van der Waals surface area contributed by atoms with Crippen LogP contribution in [0.3, 0.4) is 0 Å². The minimum atomic E-state index is -0.178. The van der Waals surface area contributed by atoms with Gasteiger partial charge in [-0.1, -0.05) is 36.1 Å². The predicted octanol–water partition coefficient (Wildman–Crippen LogP) is 2.42. The standard InChI is InChI=1S/C28H37BN6O3/c1-4-24-21(16-31-26(37)9-8-25(36)30-15-19-7-6-18(3)23(29)14-19)27(33-20-10-12-38-13-11-20)22-17-32-35(5-2)28(22)34-24/h6-7,14,17,20H,4-5,8-13,15-16H2,1-3H3,(H,30,36)(H,31,37)(H,33,34). The summed E-state index contributed by atoms with van der Waals surface area (Å²) in [5.74, 6) is -0.353. The fourth-order valence-electron chi connectivity index (χ4n) is 4.69. The molecular formula is C28H37BN6O3. The van der Waals surface area contributed by atoms with Crippen molar-refractivity contribution in [2.75, 3.05) is 18.5 Å². The number of amides is 2. The molecule has 1 aliphatic heterocycles. The number of hydrogen-bond acceptors (Lipinski definition) is 6. The van der Waals surface area contributed by atoms with Gasteiger partial charge in [-0.2, -0.15) is 5.10 Å². The molecule has 1 saturated heterocycles. The molecule has 10 heteroatoms. The Hall–Kier alpha value is -3.40. The summed E-state index contributed by atoms with van der Waals surface area (Å²) in [6.45, 7) is 8.95. The van der Waals surface area contributed by atoms with Crippen molar-refractivity contribution >= 4 is 41.8 Å². The first-order valence-electron chi connectivity index (χ1n) is 13.5. The van der Waals surface area contributed by atoms with E-state index < -0.39 is 0 Å². The molecule has 200 valence electrons. The molecular weight excluding hydrogens is 479 g/mol. The number of nitrogens with zero attached hydrogens (tertiary/aromatic N) is 3. The summed E-state index contributed by atoms with van der Waals surface area (Å²) in [7, 11) is 5.94. The highest BCUT2D eigenvalue weighted by molar-refractivity contribution is 6.33. The Morgan fingerprint density at radius 1 is 1.11 bits per heavy atom. The number of carbonyl (C=O) groups is 2. The number of ether oxygens (including phenoxy) is 1. The molecule has 9 nitrogen and oxygen atoms in total. The van der Waals surface area contributed by atoms with E-state index in [0.717, 1.165) is 78.1 Å². The minimum Gasteiger partial charge on any atom is -0.381 e. The maximum atomic E-state index is 12.7. The zero-order chi connectivity index (χ0) is 27.1. The van der Waals surface area contributed by atoms with Gasteiger partial charge in [0.05, 0.1) is 17.3 Å². The summed E-state index contributed by atoms with van der Waals surface area (Å²) in [4.78, 5) is 30.0. The van der Waals surface area contributed by atoms with Gasteiger partial charge in [0, 0.05) is 63.0 Å². The highest BCUT2D eigenvalue weighted by Gasteiger charge is 2.22. The van der Waals surface area contributed by atoms with Gasteiger partial charge in [-0.3, -0.25) is 9.59 Å². The number of pyridine rings is 1. The van der Waals surface area contributed by atoms with Gasteiger partial charge in [0.2, 0.25) is 11.8 Å². The Bertz CT molecular complexity index is 1290. The van der Waals surface area contributed by atoms with Crippen LogP contribution >= 0.6 is 0 Å². The molecule has 2 radical (unpaired) electrons. The summed E-state index contributed by atoms with van der Waals surface area (Å²) in [6, 6.07) is 6.00. The summed E-state index contributed by atoms with van der Waals surface area (Å²) < 4.78 is 7.43. The van der Waals surface area contributed by atoms with Crippen LogP contribution in [0.2, 0.25) is 0 Å². The number of benzene rings is 1. The van der Waals surface area contributed by atoms with E-state index in [1.807, 2.05) is 42.9 Å². The Kier molecular flexibility index (Phi) is 9.39. The van der Waals surface area contributed by atoms with E-state index in [4.69, 9.17) is 17.6 Å². The quantitative estimate of drug-likeness (QED) is 0.338. The number of aryl methyl sites for hydroxylation is 3. The van der Waals surface area contributed by atoms with Crippen LogP contribution in [0.15, 0.2) is 24.4 Å². The van der Waals surface area contributed by atoms with Crippen LogP contribution in [0.4, 0.5) is 5.69 Å². The lowest BCUT2D eigenvalue weighted by Gasteiger charge is -2.26. The minimum absolute atomic E-state index is 0.107. The number of fused-ring (bicyclic) bond motifs is 1. The van der Waals surface area contributed by atoms with Crippen LogP contribution < -0.4 is 21.4 Å². The smallest absolute Gasteiger partial charge is 0.220 e. The van der Waals surface area contributed by atoms with Gasteiger partial charge in [-0.15, -0.1) is 0 Å². The van der Waals surface area contributed by atoms with Crippen molar-refractivity contribution in [3.63, 3.8) is 0 Å². The van der Waals surface area contributed by atoms with Gasteiger partial charge in [-0.25, -0.2) is 9.67 Å². The molecule has 3 heterocycles. The second-order valence-electron chi connectivity index (χ2n) is 9.74. The third-order valence-corrected chi connectivity index (χ3v) is 7.05. The third kappa shape index (κ3) is 6.72. The van der Waals surface area contributed by atoms with Crippen molar-refractivity contribution in [1.29, 1.82) is 0 Å². The molecule has 2 aromatic heterocycles. The monoisotopic (exact) mass is 516 g/mol. The average Bonchev–Trinajstić information content (AvgIpc) is 3.35. The van der Waals surface area contributed by atoms with Crippen LogP contribution in [0, 0.1) is 6.92 Å². The second kappa shape index (κ2) is 12.9. The summed E-state index contributed by atoms with van der Waals surface area (Å²) in [5.41, 5.74) is 6.35. The lowest BCUT2D eigenvalue weighted by molar-refractivity contribution is -0.126. The first-order chi connectivity index (χ1) is 18.4. The molecule has 0 aliphatic carbocycles. The molecule has 0 saturated carbocycles. The molecule has 3 N–H and O–H groups in total.